The molecule has 13 heteroatoms. The van der Waals surface area contributed by atoms with Crippen molar-refractivity contribution >= 4 is 22.0 Å². The van der Waals surface area contributed by atoms with Crippen LogP contribution in [0.5, 0.6) is 0 Å². The highest BCUT2D eigenvalue weighted by Gasteiger charge is 2.40. The van der Waals surface area contributed by atoms with Crippen LogP contribution in [0.2, 0.25) is 0 Å². The first-order chi connectivity index (χ1) is 19.4. The molecule has 2 N–H and O–H groups in total. The Balaban J connectivity index is 1.48. The largest absolute Gasteiger partial charge is 0.444 e. The van der Waals surface area contributed by atoms with Crippen molar-refractivity contribution in [2.75, 3.05) is 46.1 Å². The fraction of sp³-hybridized carbons (Fsp3) is 0.429. The van der Waals surface area contributed by atoms with Gasteiger partial charge in [0.25, 0.3) is 0 Å². The number of halogens is 2. The van der Waals surface area contributed by atoms with E-state index in [1.807, 2.05) is 0 Å². The van der Waals surface area contributed by atoms with Crippen LogP contribution in [0.3, 0.4) is 0 Å². The number of ether oxygens (including phenoxy) is 3. The molecule has 3 rings (SSSR count). The lowest BCUT2D eigenvalue weighted by Gasteiger charge is -2.27. The third-order valence-corrected chi connectivity index (χ3v) is 7.57. The molecule has 41 heavy (non-hydrogen) atoms. The van der Waals surface area contributed by atoms with Crippen LogP contribution in [0.15, 0.2) is 65.1 Å². The molecule has 0 aromatic heterocycles. The van der Waals surface area contributed by atoms with Crippen molar-refractivity contribution in [3.8, 4) is 0 Å². The number of benzene rings is 2. The zero-order valence-electron chi connectivity index (χ0n) is 23.2. The molecular formula is C28H35F2N3O7S. The van der Waals surface area contributed by atoms with Crippen molar-refractivity contribution < 1.29 is 41.0 Å². The molecule has 1 heterocycles. The number of carbonyl (C=O) groups excluding carboxylic acids is 2. The molecule has 2 aromatic rings. The van der Waals surface area contributed by atoms with Gasteiger partial charge in [-0.1, -0.05) is 24.3 Å². The topological polar surface area (TPSA) is 123 Å². The SMILES string of the molecule is CC(C)(C)OC(=O)NCCOCCOCCNC(=O)C1=CCN(S(=O)(=O)c2cccc(F)c2)C1c1ccc(F)cc1. The van der Waals surface area contributed by atoms with Crippen LogP contribution in [0.25, 0.3) is 0 Å². The molecule has 1 atom stereocenters. The van der Waals surface area contributed by atoms with Crippen LogP contribution in [0, 0.1) is 11.6 Å². The number of nitrogens with one attached hydrogen (secondary N) is 2. The summed E-state index contributed by atoms with van der Waals surface area (Å²) in [5.41, 5.74) is -0.0260. The van der Waals surface area contributed by atoms with Crippen LogP contribution >= 0.6 is 0 Å². The van der Waals surface area contributed by atoms with Crippen LogP contribution in [0.4, 0.5) is 13.6 Å². The van der Waals surface area contributed by atoms with E-state index in [0.29, 0.717) is 5.56 Å². The Bertz CT molecular complexity index is 1330. The van der Waals surface area contributed by atoms with Crippen molar-refractivity contribution in [1.82, 2.24) is 14.9 Å². The van der Waals surface area contributed by atoms with Gasteiger partial charge in [-0.05, 0) is 56.7 Å². The minimum atomic E-state index is -4.19. The van der Waals surface area contributed by atoms with Gasteiger partial charge in [0.15, 0.2) is 0 Å². The molecule has 1 aliphatic rings. The quantitative estimate of drug-likeness (QED) is 0.341. The second-order valence-corrected chi connectivity index (χ2v) is 11.9. The van der Waals surface area contributed by atoms with E-state index < -0.39 is 45.3 Å². The Morgan fingerprint density at radius 1 is 0.927 bits per heavy atom. The Labute approximate surface area is 238 Å². The molecule has 0 fully saturated rings. The smallest absolute Gasteiger partial charge is 0.407 e. The minimum absolute atomic E-state index is 0.125. The van der Waals surface area contributed by atoms with Gasteiger partial charge in [0, 0.05) is 25.2 Å². The van der Waals surface area contributed by atoms with Gasteiger partial charge in [0.2, 0.25) is 15.9 Å². The molecule has 0 spiro atoms. The molecule has 0 bridgehead atoms. The molecule has 1 unspecified atom stereocenters. The highest BCUT2D eigenvalue weighted by atomic mass is 32.2. The molecule has 0 radical (unpaired) electrons. The summed E-state index contributed by atoms with van der Waals surface area (Å²) in [7, 11) is -4.19. The second kappa shape index (κ2) is 14.5. The lowest BCUT2D eigenvalue weighted by molar-refractivity contribution is -0.118. The van der Waals surface area contributed by atoms with Crippen LogP contribution < -0.4 is 10.6 Å². The molecule has 10 nitrogen and oxygen atoms in total. The summed E-state index contributed by atoms with van der Waals surface area (Å²) in [6.07, 6.45) is 0.960. The number of hydrogen-bond acceptors (Lipinski definition) is 7. The minimum Gasteiger partial charge on any atom is -0.444 e. The Morgan fingerprint density at radius 3 is 2.17 bits per heavy atom. The zero-order chi connectivity index (χ0) is 30.0. The summed E-state index contributed by atoms with van der Waals surface area (Å²) in [5, 5.41) is 5.28. The maximum absolute atomic E-state index is 13.8. The number of alkyl carbamates (subject to hydrolysis) is 1. The first-order valence-electron chi connectivity index (χ1n) is 13.0. The van der Waals surface area contributed by atoms with E-state index in [0.717, 1.165) is 16.4 Å². The molecule has 2 aromatic carbocycles. The van der Waals surface area contributed by atoms with Gasteiger partial charge in [-0.25, -0.2) is 22.0 Å². The second-order valence-electron chi connectivity index (χ2n) is 10.1. The zero-order valence-corrected chi connectivity index (χ0v) is 24.0. The number of nitrogens with zero attached hydrogens (tertiary/aromatic N) is 1. The average Bonchev–Trinajstić information content (AvgIpc) is 3.35. The van der Waals surface area contributed by atoms with Crippen molar-refractivity contribution in [3.63, 3.8) is 0 Å². The molecule has 224 valence electrons. The van der Waals surface area contributed by atoms with Gasteiger partial charge in [-0.3, -0.25) is 4.79 Å². The van der Waals surface area contributed by atoms with E-state index in [9.17, 15) is 26.8 Å². The lowest BCUT2D eigenvalue weighted by atomic mass is 10.00. The molecule has 0 saturated heterocycles. The highest BCUT2D eigenvalue weighted by Crippen LogP contribution is 2.37. The summed E-state index contributed by atoms with van der Waals surface area (Å²) in [4.78, 5) is 24.4. The monoisotopic (exact) mass is 595 g/mol. The molecule has 1 aliphatic heterocycles. The van der Waals surface area contributed by atoms with Crippen molar-refractivity contribution in [1.29, 1.82) is 0 Å². The Morgan fingerprint density at radius 2 is 1.56 bits per heavy atom. The van der Waals surface area contributed by atoms with Gasteiger partial charge in [0.1, 0.15) is 17.2 Å². The van der Waals surface area contributed by atoms with Crippen molar-refractivity contribution in [2.24, 2.45) is 0 Å². The van der Waals surface area contributed by atoms with Crippen molar-refractivity contribution in [3.05, 3.63) is 77.4 Å². The van der Waals surface area contributed by atoms with E-state index >= 15 is 0 Å². The number of hydrogen-bond donors (Lipinski definition) is 2. The number of amides is 2. The number of carbonyl (C=O) groups is 2. The third kappa shape index (κ3) is 9.59. The standard InChI is InChI=1S/C28H35F2N3O7S/c1-28(2,3)40-27(35)32-13-16-39-18-17-38-15-12-31-26(34)24-11-14-33(25(24)20-7-9-21(29)10-8-20)41(36,37)23-6-4-5-22(30)19-23/h4-11,19,25H,12-18H2,1-3H3,(H,31,34)(H,32,35). The summed E-state index contributed by atoms with van der Waals surface area (Å²) < 4.78 is 71.2. The Hall–Kier alpha value is -3.39. The highest BCUT2D eigenvalue weighted by molar-refractivity contribution is 7.89. The molecule has 2 amide bonds. The number of sulfonamides is 1. The maximum atomic E-state index is 13.8. The lowest BCUT2D eigenvalue weighted by Crippen LogP contribution is -2.36. The van der Waals surface area contributed by atoms with E-state index in [4.69, 9.17) is 14.2 Å². The maximum Gasteiger partial charge on any atom is 0.407 e. The average molecular weight is 596 g/mol. The van der Waals surface area contributed by atoms with Crippen LogP contribution in [-0.4, -0.2) is 76.4 Å². The van der Waals surface area contributed by atoms with Crippen LogP contribution in [0.1, 0.15) is 32.4 Å². The van der Waals surface area contributed by atoms with E-state index in [1.165, 1.54) is 42.5 Å². The first kappa shape index (κ1) is 32.1. The van der Waals surface area contributed by atoms with Crippen LogP contribution in [-0.2, 0) is 29.0 Å². The summed E-state index contributed by atoms with van der Waals surface area (Å²) in [6, 6.07) is 8.75. The normalized spacial score (nSPS) is 15.8. The Kier molecular flexibility index (Phi) is 11.4. The summed E-state index contributed by atoms with van der Waals surface area (Å²) >= 11 is 0. The van der Waals surface area contributed by atoms with Gasteiger partial charge in [0.05, 0.1) is 37.4 Å². The predicted molar refractivity (Wildman–Crippen MR) is 146 cm³/mol. The fourth-order valence-electron chi connectivity index (χ4n) is 3.97. The first-order valence-corrected chi connectivity index (χ1v) is 14.5. The van der Waals surface area contributed by atoms with Gasteiger partial charge in [-0.2, -0.15) is 4.31 Å². The van der Waals surface area contributed by atoms with Crippen molar-refractivity contribution in [2.45, 2.75) is 37.3 Å². The molecule has 0 aliphatic carbocycles. The fourth-order valence-corrected chi connectivity index (χ4v) is 5.53. The third-order valence-electron chi connectivity index (χ3n) is 5.74. The summed E-state index contributed by atoms with van der Waals surface area (Å²) in [5.74, 6) is -1.73. The van der Waals surface area contributed by atoms with E-state index in [2.05, 4.69) is 10.6 Å². The predicted octanol–water partition coefficient (Wildman–Crippen LogP) is 3.31. The molecular weight excluding hydrogens is 560 g/mol. The van der Waals surface area contributed by atoms with Gasteiger partial charge < -0.3 is 24.8 Å². The number of rotatable bonds is 13. The summed E-state index contributed by atoms with van der Waals surface area (Å²) in [6.45, 7) is 6.57. The van der Waals surface area contributed by atoms with E-state index in [-0.39, 0.29) is 56.5 Å². The van der Waals surface area contributed by atoms with E-state index in [1.54, 1.807) is 20.8 Å². The van der Waals surface area contributed by atoms with Gasteiger partial charge >= 0.3 is 6.09 Å². The molecule has 0 saturated carbocycles. The van der Waals surface area contributed by atoms with Gasteiger partial charge in [-0.15, -0.1) is 0 Å².